The van der Waals surface area contributed by atoms with E-state index in [0.29, 0.717) is 18.3 Å². The molecule has 1 amide bonds. The first-order valence-electron chi connectivity index (χ1n) is 10.6. The van der Waals surface area contributed by atoms with Crippen molar-refractivity contribution in [2.24, 2.45) is 5.73 Å². The molecule has 0 radical (unpaired) electrons. The fourth-order valence-corrected chi connectivity index (χ4v) is 4.51. The second-order valence-corrected chi connectivity index (χ2v) is 8.53. The van der Waals surface area contributed by atoms with Gasteiger partial charge in [-0.2, -0.15) is 0 Å². The number of hydrogen-bond donors (Lipinski definition) is 2. The third kappa shape index (κ3) is 4.83. The molecule has 0 fully saturated rings. The molecule has 33 heavy (non-hydrogen) atoms. The number of primary amides is 1. The summed E-state index contributed by atoms with van der Waals surface area (Å²) in [4.78, 5) is 23.4. The molecule has 4 aromatic rings. The van der Waals surface area contributed by atoms with Gasteiger partial charge in [-0.1, -0.05) is 11.3 Å². The zero-order chi connectivity index (χ0) is 23.4. The van der Waals surface area contributed by atoms with Crippen LogP contribution in [-0.4, -0.2) is 52.4 Å². The molecule has 1 aromatic carbocycles. The SMILES string of the molecule is COC[C@H](C)Oc1cc2c3c(c1)nc(-c1ccc4nc(N)sc4n1)n3CCCCO2.NC=O. The molecule has 0 unspecified atom stereocenters. The van der Waals surface area contributed by atoms with Crippen LogP contribution in [0.2, 0.25) is 0 Å². The number of anilines is 1. The number of fused-ring (bicyclic) bond motifs is 1. The lowest BCUT2D eigenvalue weighted by Gasteiger charge is -2.18. The Morgan fingerprint density at radius 1 is 1.24 bits per heavy atom. The molecule has 0 spiro atoms. The van der Waals surface area contributed by atoms with E-state index >= 15 is 0 Å². The van der Waals surface area contributed by atoms with Crippen LogP contribution >= 0.6 is 11.3 Å². The van der Waals surface area contributed by atoms with Gasteiger partial charge in [0.15, 0.2) is 11.0 Å². The number of carbonyl (C=O) groups is 1. The summed E-state index contributed by atoms with van der Waals surface area (Å²) >= 11 is 1.38. The minimum absolute atomic E-state index is 0.0735. The summed E-state index contributed by atoms with van der Waals surface area (Å²) in [6.45, 7) is 4.02. The normalized spacial score (nSPS) is 14.0. The van der Waals surface area contributed by atoms with E-state index in [4.69, 9.17) is 34.7 Å². The number of amides is 1. The van der Waals surface area contributed by atoms with Crippen molar-refractivity contribution in [1.82, 2.24) is 19.5 Å². The molecule has 4 N–H and O–H groups in total. The van der Waals surface area contributed by atoms with Crippen molar-refractivity contribution in [2.75, 3.05) is 26.1 Å². The molecule has 1 aliphatic heterocycles. The molecule has 0 saturated carbocycles. The Hall–Kier alpha value is -3.44. The zero-order valence-corrected chi connectivity index (χ0v) is 19.3. The van der Waals surface area contributed by atoms with Crippen LogP contribution in [0.25, 0.3) is 32.9 Å². The van der Waals surface area contributed by atoms with Crippen molar-refractivity contribution in [2.45, 2.75) is 32.4 Å². The fraction of sp³-hybridized carbons (Fsp3) is 0.364. The average Bonchev–Trinajstić information content (AvgIpc) is 3.31. The monoisotopic (exact) mass is 470 g/mol. The number of thiazole rings is 1. The summed E-state index contributed by atoms with van der Waals surface area (Å²) in [6.07, 6.45) is 2.16. The van der Waals surface area contributed by atoms with Gasteiger partial charge < -0.3 is 30.2 Å². The minimum Gasteiger partial charge on any atom is -0.491 e. The largest absolute Gasteiger partial charge is 0.491 e. The molecule has 5 rings (SSSR count). The molecule has 10 nitrogen and oxygen atoms in total. The first-order chi connectivity index (χ1) is 16.0. The summed E-state index contributed by atoms with van der Waals surface area (Å²) in [5, 5.41) is 0.514. The van der Waals surface area contributed by atoms with Gasteiger partial charge in [-0.3, -0.25) is 4.79 Å². The van der Waals surface area contributed by atoms with Crippen molar-refractivity contribution < 1.29 is 19.0 Å². The Balaban J connectivity index is 0.000000821. The highest BCUT2D eigenvalue weighted by Gasteiger charge is 2.21. The van der Waals surface area contributed by atoms with E-state index in [1.54, 1.807) is 7.11 Å². The minimum atomic E-state index is -0.0735. The Labute approximate surface area is 194 Å². The number of aromatic nitrogens is 4. The lowest BCUT2D eigenvalue weighted by molar-refractivity contribution is -0.106. The molecule has 0 aliphatic carbocycles. The molecule has 0 saturated heterocycles. The van der Waals surface area contributed by atoms with Crippen LogP contribution in [0.15, 0.2) is 24.3 Å². The van der Waals surface area contributed by atoms with E-state index in [2.05, 4.69) is 15.3 Å². The van der Waals surface area contributed by atoms with Gasteiger partial charge in [-0.25, -0.2) is 15.0 Å². The third-order valence-electron chi connectivity index (χ3n) is 5.05. The molecular weight excluding hydrogens is 444 g/mol. The van der Waals surface area contributed by atoms with Crippen molar-refractivity contribution in [3.63, 3.8) is 0 Å². The topological polar surface area (TPSA) is 140 Å². The Morgan fingerprint density at radius 2 is 2.06 bits per heavy atom. The number of imidazole rings is 1. The number of aryl methyl sites for hydroxylation is 1. The molecule has 0 bridgehead atoms. The molecule has 4 heterocycles. The van der Waals surface area contributed by atoms with E-state index in [1.807, 2.05) is 31.2 Å². The summed E-state index contributed by atoms with van der Waals surface area (Å²) in [5.41, 5.74) is 13.4. The lowest BCUT2D eigenvalue weighted by atomic mass is 10.2. The van der Waals surface area contributed by atoms with Gasteiger partial charge in [0.25, 0.3) is 0 Å². The van der Waals surface area contributed by atoms with Gasteiger partial charge in [0.1, 0.15) is 39.2 Å². The van der Waals surface area contributed by atoms with Gasteiger partial charge in [0.2, 0.25) is 6.41 Å². The predicted octanol–water partition coefficient (Wildman–Crippen LogP) is 2.98. The number of benzene rings is 1. The quantitative estimate of drug-likeness (QED) is 0.424. The summed E-state index contributed by atoms with van der Waals surface area (Å²) in [5.74, 6) is 2.32. The van der Waals surface area contributed by atoms with Crippen LogP contribution in [-0.2, 0) is 16.1 Å². The molecule has 1 aliphatic rings. The van der Waals surface area contributed by atoms with Gasteiger partial charge in [-0.15, -0.1) is 0 Å². The van der Waals surface area contributed by atoms with Crippen molar-refractivity contribution >= 4 is 44.3 Å². The number of nitrogens with zero attached hydrogens (tertiary/aromatic N) is 4. The molecule has 174 valence electrons. The lowest BCUT2D eigenvalue weighted by Crippen LogP contribution is -2.18. The van der Waals surface area contributed by atoms with Crippen LogP contribution in [0.5, 0.6) is 11.5 Å². The zero-order valence-electron chi connectivity index (χ0n) is 18.5. The van der Waals surface area contributed by atoms with Gasteiger partial charge in [-0.05, 0) is 31.9 Å². The first kappa shape index (κ1) is 22.7. The van der Waals surface area contributed by atoms with Crippen molar-refractivity contribution in [3.8, 4) is 23.0 Å². The number of hydrogen-bond acceptors (Lipinski definition) is 9. The number of rotatable bonds is 5. The number of nitrogens with two attached hydrogens (primary N) is 2. The van der Waals surface area contributed by atoms with Crippen LogP contribution in [0.4, 0.5) is 5.13 Å². The summed E-state index contributed by atoms with van der Waals surface area (Å²) in [6, 6.07) is 7.80. The van der Waals surface area contributed by atoms with Crippen molar-refractivity contribution in [1.29, 1.82) is 0 Å². The maximum atomic E-state index is 8.58. The van der Waals surface area contributed by atoms with Gasteiger partial charge in [0.05, 0.1) is 18.7 Å². The van der Waals surface area contributed by atoms with Gasteiger partial charge in [0, 0.05) is 25.8 Å². The summed E-state index contributed by atoms with van der Waals surface area (Å²) < 4.78 is 19.5. The second kappa shape index (κ2) is 10.0. The van der Waals surface area contributed by atoms with Crippen LogP contribution < -0.4 is 20.9 Å². The van der Waals surface area contributed by atoms with Gasteiger partial charge >= 0.3 is 0 Å². The van der Waals surface area contributed by atoms with E-state index in [1.165, 1.54) is 11.3 Å². The maximum absolute atomic E-state index is 8.58. The number of ether oxygens (including phenoxy) is 3. The highest BCUT2D eigenvalue weighted by atomic mass is 32.1. The van der Waals surface area contributed by atoms with E-state index in [-0.39, 0.29) is 12.5 Å². The van der Waals surface area contributed by atoms with Crippen LogP contribution in [0.1, 0.15) is 19.8 Å². The highest BCUT2D eigenvalue weighted by molar-refractivity contribution is 7.21. The molecule has 3 aromatic heterocycles. The Morgan fingerprint density at radius 3 is 2.85 bits per heavy atom. The number of methoxy groups -OCH3 is 1. The smallest absolute Gasteiger partial charge is 0.204 e. The first-order valence-corrected chi connectivity index (χ1v) is 11.4. The van der Waals surface area contributed by atoms with Crippen molar-refractivity contribution in [3.05, 3.63) is 24.3 Å². The maximum Gasteiger partial charge on any atom is 0.204 e. The Bertz CT molecular complexity index is 1270. The predicted molar refractivity (Wildman–Crippen MR) is 128 cm³/mol. The van der Waals surface area contributed by atoms with E-state index in [0.717, 1.165) is 63.8 Å². The average molecular weight is 471 g/mol. The molecule has 11 heteroatoms. The summed E-state index contributed by atoms with van der Waals surface area (Å²) in [7, 11) is 1.66. The molecule has 1 atom stereocenters. The van der Waals surface area contributed by atoms with Crippen LogP contribution in [0, 0.1) is 0 Å². The number of pyridine rings is 1. The van der Waals surface area contributed by atoms with Crippen LogP contribution in [0.3, 0.4) is 0 Å². The highest BCUT2D eigenvalue weighted by Crippen LogP contribution is 2.37. The number of carbonyl (C=O) groups excluding carboxylic acids is 1. The second-order valence-electron chi connectivity index (χ2n) is 7.52. The standard InChI is InChI=1S/C21H23N5O3S.CH3NO/c1-12(11-27-2)29-13-9-16-18-17(10-13)28-8-4-3-7-26(18)19(23-16)14-5-6-15-20(24-14)30-21(22)25-15;2-1-3/h5-6,9-10,12H,3-4,7-8,11H2,1-2H3,(H2,22,25);1H,(H2,2,3)/t12-;/m0./s1. The van der Waals surface area contributed by atoms with E-state index < -0.39 is 0 Å². The molecular formula is C22H26N6O4S. The van der Waals surface area contributed by atoms with E-state index in [9.17, 15) is 0 Å². The third-order valence-corrected chi connectivity index (χ3v) is 5.85. The Kier molecular flexibility index (Phi) is 6.90. The number of nitrogen functional groups attached to an aromatic ring is 1. The fourth-order valence-electron chi connectivity index (χ4n) is 3.81.